The summed E-state index contributed by atoms with van der Waals surface area (Å²) in [6, 6.07) is 13.6. The van der Waals surface area contributed by atoms with E-state index in [-0.39, 0.29) is 0 Å². The van der Waals surface area contributed by atoms with E-state index in [1.807, 2.05) is 42.5 Å². The summed E-state index contributed by atoms with van der Waals surface area (Å²) < 4.78 is 12.3. The van der Waals surface area contributed by atoms with E-state index in [1.165, 1.54) is 0 Å². The molecule has 1 heterocycles. The van der Waals surface area contributed by atoms with E-state index in [2.05, 4.69) is 15.9 Å². The van der Waals surface area contributed by atoms with Gasteiger partial charge in [0, 0.05) is 17.3 Å². The molecule has 1 atom stereocenters. The summed E-state index contributed by atoms with van der Waals surface area (Å²) in [7, 11) is 0. The molecule has 1 N–H and O–H groups in total. The summed E-state index contributed by atoms with van der Waals surface area (Å²) in [5.41, 5.74) is 1.94. The molecule has 0 amide bonds. The Morgan fingerprint density at radius 3 is 2.48 bits per heavy atom. The van der Waals surface area contributed by atoms with Crippen molar-refractivity contribution in [2.75, 3.05) is 13.2 Å². The zero-order valence-corrected chi connectivity index (χ0v) is 13.2. The summed E-state index contributed by atoms with van der Waals surface area (Å²) in [5, 5.41) is 10.4. The lowest BCUT2D eigenvalue weighted by Crippen LogP contribution is -2.03. The molecule has 0 saturated carbocycles. The van der Waals surface area contributed by atoms with Crippen LogP contribution in [0, 0.1) is 0 Å². The molecule has 2 aromatic rings. The lowest BCUT2D eigenvalue weighted by atomic mass is 10.0. The molecular formula is C17H17BrO3. The second-order valence-corrected chi connectivity index (χ2v) is 6.02. The molecule has 1 aliphatic heterocycles. The first kappa shape index (κ1) is 14.4. The van der Waals surface area contributed by atoms with Gasteiger partial charge in [0.2, 0.25) is 0 Å². The minimum absolute atomic E-state index is 0.552. The molecule has 3 rings (SSSR count). The van der Waals surface area contributed by atoms with Gasteiger partial charge >= 0.3 is 0 Å². The van der Waals surface area contributed by atoms with Gasteiger partial charge in [0.1, 0.15) is 0 Å². The molecule has 1 aliphatic rings. The molecule has 0 aliphatic carbocycles. The van der Waals surface area contributed by atoms with Crippen LogP contribution in [0.4, 0.5) is 0 Å². The van der Waals surface area contributed by atoms with Gasteiger partial charge in [0.05, 0.1) is 19.3 Å². The summed E-state index contributed by atoms with van der Waals surface area (Å²) >= 11 is 3.41. The highest BCUT2D eigenvalue weighted by Gasteiger charge is 2.15. The molecule has 3 nitrogen and oxygen atoms in total. The molecule has 1 unspecified atom stereocenters. The number of hydrogen-bond acceptors (Lipinski definition) is 3. The molecule has 0 spiro atoms. The second-order valence-electron chi connectivity index (χ2n) is 5.10. The molecule has 21 heavy (non-hydrogen) atoms. The number of ether oxygens (including phenoxy) is 2. The van der Waals surface area contributed by atoms with Crippen molar-refractivity contribution in [1.82, 2.24) is 0 Å². The number of hydrogen-bond donors (Lipinski definition) is 1. The van der Waals surface area contributed by atoms with Crippen LogP contribution in [-0.2, 0) is 6.42 Å². The van der Waals surface area contributed by atoms with Crippen molar-refractivity contribution in [3.05, 3.63) is 58.1 Å². The molecule has 0 aromatic heterocycles. The number of aliphatic hydroxyl groups is 1. The Balaban J connectivity index is 1.76. The number of benzene rings is 2. The van der Waals surface area contributed by atoms with E-state index in [4.69, 9.17) is 9.47 Å². The first-order chi connectivity index (χ1) is 10.2. The smallest absolute Gasteiger partial charge is 0.161 e. The highest BCUT2D eigenvalue weighted by atomic mass is 79.9. The molecular weight excluding hydrogens is 332 g/mol. The van der Waals surface area contributed by atoms with Crippen LogP contribution in [0.1, 0.15) is 23.7 Å². The van der Waals surface area contributed by atoms with Crippen LogP contribution in [0.25, 0.3) is 0 Å². The maximum absolute atomic E-state index is 10.4. The Morgan fingerprint density at radius 1 is 1.00 bits per heavy atom. The molecule has 0 radical (unpaired) electrons. The van der Waals surface area contributed by atoms with Crippen molar-refractivity contribution in [3.63, 3.8) is 0 Å². The predicted molar refractivity (Wildman–Crippen MR) is 84.9 cm³/mol. The quantitative estimate of drug-likeness (QED) is 0.914. The molecule has 2 aromatic carbocycles. The molecule has 4 heteroatoms. The van der Waals surface area contributed by atoms with Gasteiger partial charge < -0.3 is 14.6 Å². The lowest BCUT2D eigenvalue weighted by molar-refractivity contribution is 0.178. The Hall–Kier alpha value is -1.52. The number of aliphatic hydroxyl groups excluding tert-OH is 1. The lowest BCUT2D eigenvalue weighted by Gasteiger charge is -2.14. The molecule has 0 bridgehead atoms. The standard InChI is InChI=1S/C17H17BrO3/c18-14-5-2-12(3-6-14)10-15(19)13-4-7-16-17(11-13)21-9-1-8-20-16/h2-7,11,15,19H,1,8-10H2. The van der Waals surface area contributed by atoms with E-state index in [0.717, 1.165) is 33.5 Å². The fraction of sp³-hybridized carbons (Fsp3) is 0.294. The van der Waals surface area contributed by atoms with Gasteiger partial charge in [-0.15, -0.1) is 0 Å². The van der Waals surface area contributed by atoms with E-state index in [1.54, 1.807) is 0 Å². The summed E-state index contributed by atoms with van der Waals surface area (Å²) in [5.74, 6) is 1.48. The summed E-state index contributed by atoms with van der Waals surface area (Å²) in [6.07, 6.45) is 0.904. The maximum atomic E-state index is 10.4. The monoisotopic (exact) mass is 348 g/mol. The van der Waals surface area contributed by atoms with Gasteiger partial charge in [-0.1, -0.05) is 34.1 Å². The SMILES string of the molecule is OC(Cc1ccc(Br)cc1)c1ccc2c(c1)OCCCO2. The van der Waals surface area contributed by atoms with E-state index >= 15 is 0 Å². The normalized spacial score (nSPS) is 15.3. The molecule has 0 saturated heterocycles. The van der Waals surface area contributed by atoms with Gasteiger partial charge in [0.15, 0.2) is 11.5 Å². The first-order valence-corrected chi connectivity index (χ1v) is 7.84. The fourth-order valence-corrected chi connectivity index (χ4v) is 2.61. The summed E-state index contributed by atoms with van der Waals surface area (Å²) in [6.45, 7) is 1.33. The van der Waals surface area contributed by atoms with E-state index in [9.17, 15) is 5.11 Å². The third-order valence-corrected chi connectivity index (χ3v) is 4.03. The summed E-state index contributed by atoms with van der Waals surface area (Å²) in [4.78, 5) is 0. The average molecular weight is 349 g/mol. The van der Waals surface area contributed by atoms with Gasteiger partial charge in [-0.2, -0.15) is 0 Å². The van der Waals surface area contributed by atoms with Gasteiger partial charge in [-0.05, 0) is 35.4 Å². The molecule has 0 fully saturated rings. The maximum Gasteiger partial charge on any atom is 0.161 e. The van der Waals surface area contributed by atoms with Crippen LogP contribution in [0.15, 0.2) is 46.9 Å². The largest absolute Gasteiger partial charge is 0.490 e. The van der Waals surface area contributed by atoms with Crippen molar-refractivity contribution >= 4 is 15.9 Å². The van der Waals surface area contributed by atoms with Crippen LogP contribution >= 0.6 is 15.9 Å². The zero-order valence-electron chi connectivity index (χ0n) is 11.6. The minimum atomic E-state index is -0.552. The number of halogens is 1. The van der Waals surface area contributed by atoms with Crippen molar-refractivity contribution in [3.8, 4) is 11.5 Å². The van der Waals surface area contributed by atoms with Crippen molar-refractivity contribution < 1.29 is 14.6 Å². The van der Waals surface area contributed by atoms with Crippen LogP contribution < -0.4 is 9.47 Å². The Morgan fingerprint density at radius 2 is 1.71 bits per heavy atom. The molecule has 110 valence electrons. The highest BCUT2D eigenvalue weighted by Crippen LogP contribution is 2.33. The van der Waals surface area contributed by atoms with Gasteiger partial charge in [-0.25, -0.2) is 0 Å². The Kier molecular flexibility index (Phi) is 4.46. The Bertz CT molecular complexity index is 610. The predicted octanol–water partition coefficient (Wildman–Crippen LogP) is 3.89. The van der Waals surface area contributed by atoms with E-state index < -0.39 is 6.10 Å². The van der Waals surface area contributed by atoms with Crippen LogP contribution in [0.5, 0.6) is 11.5 Å². The van der Waals surface area contributed by atoms with Crippen molar-refractivity contribution in [2.45, 2.75) is 18.9 Å². The van der Waals surface area contributed by atoms with Crippen molar-refractivity contribution in [1.29, 1.82) is 0 Å². The second kappa shape index (κ2) is 6.50. The average Bonchev–Trinajstić information content (AvgIpc) is 2.74. The van der Waals surface area contributed by atoms with E-state index in [0.29, 0.717) is 19.6 Å². The van der Waals surface area contributed by atoms with Crippen molar-refractivity contribution in [2.24, 2.45) is 0 Å². The van der Waals surface area contributed by atoms with Gasteiger partial charge in [-0.3, -0.25) is 0 Å². The first-order valence-electron chi connectivity index (χ1n) is 7.04. The fourth-order valence-electron chi connectivity index (χ4n) is 2.35. The zero-order chi connectivity index (χ0) is 14.7. The van der Waals surface area contributed by atoms with Crippen LogP contribution in [0.2, 0.25) is 0 Å². The van der Waals surface area contributed by atoms with Crippen LogP contribution in [0.3, 0.4) is 0 Å². The Labute approximate surface area is 132 Å². The minimum Gasteiger partial charge on any atom is -0.490 e. The third-order valence-electron chi connectivity index (χ3n) is 3.50. The van der Waals surface area contributed by atoms with Gasteiger partial charge in [0.25, 0.3) is 0 Å². The topological polar surface area (TPSA) is 38.7 Å². The number of rotatable bonds is 3. The van der Waals surface area contributed by atoms with Crippen LogP contribution in [-0.4, -0.2) is 18.3 Å². The highest BCUT2D eigenvalue weighted by molar-refractivity contribution is 9.10. The third kappa shape index (κ3) is 3.57. The number of fused-ring (bicyclic) bond motifs is 1.